The number of aryl methyl sites for hydroxylation is 1. The number of phenols is 1. The highest BCUT2D eigenvalue weighted by molar-refractivity contribution is 6.06. The number of hydrogen-bond acceptors (Lipinski definition) is 2. The summed E-state index contributed by atoms with van der Waals surface area (Å²) in [6.45, 7) is 1.82. The molecule has 2 rings (SSSR count). The molecule has 0 spiro atoms. The Bertz CT molecular complexity index is 579. The van der Waals surface area contributed by atoms with Crippen LogP contribution in [0.3, 0.4) is 0 Å². The monoisotopic (exact) mass is 245 g/mol. The van der Waals surface area contributed by atoms with Gasteiger partial charge in [0.1, 0.15) is 11.6 Å². The van der Waals surface area contributed by atoms with Crippen LogP contribution >= 0.6 is 0 Å². The molecule has 0 aliphatic heterocycles. The minimum absolute atomic E-state index is 0.0744. The molecular weight excluding hydrogens is 233 g/mol. The van der Waals surface area contributed by atoms with Crippen LogP contribution in [-0.4, -0.2) is 11.0 Å². The van der Waals surface area contributed by atoms with E-state index in [-0.39, 0.29) is 17.1 Å². The molecule has 0 atom stereocenters. The molecule has 0 saturated carbocycles. The summed E-state index contributed by atoms with van der Waals surface area (Å²) in [5, 5.41) is 12.2. The van der Waals surface area contributed by atoms with Gasteiger partial charge in [-0.05, 0) is 48.9 Å². The lowest BCUT2D eigenvalue weighted by Crippen LogP contribution is -2.12. The average Bonchev–Trinajstić information content (AvgIpc) is 2.32. The third-order valence-corrected chi connectivity index (χ3v) is 2.50. The maximum Gasteiger partial charge on any atom is 0.259 e. The minimum atomic E-state index is -0.431. The van der Waals surface area contributed by atoms with Gasteiger partial charge >= 0.3 is 0 Å². The lowest BCUT2D eigenvalue weighted by atomic mass is 10.1. The molecule has 0 heterocycles. The van der Waals surface area contributed by atoms with Crippen LogP contribution in [0.1, 0.15) is 15.9 Å². The Kier molecular flexibility index (Phi) is 3.28. The van der Waals surface area contributed by atoms with Gasteiger partial charge in [0, 0.05) is 5.69 Å². The Hall–Kier alpha value is -2.36. The van der Waals surface area contributed by atoms with E-state index in [1.165, 1.54) is 30.3 Å². The highest BCUT2D eigenvalue weighted by Crippen LogP contribution is 2.20. The van der Waals surface area contributed by atoms with E-state index in [1.807, 2.05) is 6.92 Å². The molecule has 18 heavy (non-hydrogen) atoms. The maximum absolute atomic E-state index is 12.7. The quantitative estimate of drug-likeness (QED) is 0.854. The molecular formula is C14H12FNO2. The molecule has 0 aliphatic carbocycles. The van der Waals surface area contributed by atoms with Gasteiger partial charge in [-0.2, -0.15) is 0 Å². The first-order valence-electron chi connectivity index (χ1n) is 5.43. The van der Waals surface area contributed by atoms with E-state index in [9.17, 15) is 14.3 Å². The first-order chi connectivity index (χ1) is 8.56. The molecule has 0 unspecified atom stereocenters. The predicted molar refractivity (Wildman–Crippen MR) is 67.2 cm³/mol. The van der Waals surface area contributed by atoms with Crippen LogP contribution in [0.5, 0.6) is 5.75 Å². The van der Waals surface area contributed by atoms with Crippen molar-refractivity contribution in [2.75, 3.05) is 5.32 Å². The molecule has 1 amide bonds. The summed E-state index contributed by atoms with van der Waals surface area (Å²) in [5.74, 6) is -0.875. The number of nitrogens with one attached hydrogen (secondary N) is 1. The normalized spacial score (nSPS) is 10.1. The SMILES string of the molecule is Cc1ccc(C(=O)Nc2ccc(F)cc2)c(O)c1. The standard InChI is InChI=1S/C14H12FNO2/c1-9-2-7-12(13(17)8-9)14(18)16-11-5-3-10(15)4-6-11/h2-8,17H,1H3,(H,16,18). The molecule has 2 N–H and O–H groups in total. The predicted octanol–water partition coefficient (Wildman–Crippen LogP) is 3.09. The Balaban J connectivity index is 2.19. The van der Waals surface area contributed by atoms with Crippen molar-refractivity contribution < 1.29 is 14.3 Å². The zero-order valence-electron chi connectivity index (χ0n) is 9.77. The molecule has 0 radical (unpaired) electrons. The van der Waals surface area contributed by atoms with Gasteiger partial charge in [-0.1, -0.05) is 6.07 Å². The highest BCUT2D eigenvalue weighted by atomic mass is 19.1. The average molecular weight is 245 g/mol. The molecule has 4 heteroatoms. The third kappa shape index (κ3) is 2.66. The second-order valence-corrected chi connectivity index (χ2v) is 3.98. The van der Waals surface area contributed by atoms with Crippen molar-refractivity contribution in [3.05, 3.63) is 59.4 Å². The molecule has 0 fully saturated rings. The Morgan fingerprint density at radius 3 is 2.44 bits per heavy atom. The number of carbonyl (C=O) groups excluding carboxylic acids is 1. The van der Waals surface area contributed by atoms with Gasteiger partial charge in [0.25, 0.3) is 5.91 Å². The number of aromatic hydroxyl groups is 1. The van der Waals surface area contributed by atoms with Crippen LogP contribution in [0.4, 0.5) is 10.1 Å². The molecule has 0 aliphatic rings. The van der Waals surface area contributed by atoms with Crippen molar-refractivity contribution >= 4 is 11.6 Å². The van der Waals surface area contributed by atoms with Gasteiger partial charge < -0.3 is 10.4 Å². The van der Waals surface area contributed by atoms with Crippen molar-refractivity contribution in [2.24, 2.45) is 0 Å². The summed E-state index contributed by atoms with van der Waals surface area (Å²) in [7, 11) is 0. The highest BCUT2D eigenvalue weighted by Gasteiger charge is 2.11. The summed E-state index contributed by atoms with van der Waals surface area (Å²) in [6.07, 6.45) is 0. The summed E-state index contributed by atoms with van der Waals surface area (Å²) in [6, 6.07) is 10.2. The van der Waals surface area contributed by atoms with Crippen molar-refractivity contribution in [1.29, 1.82) is 0 Å². The number of anilines is 1. The fourth-order valence-corrected chi connectivity index (χ4v) is 1.57. The van der Waals surface area contributed by atoms with E-state index in [4.69, 9.17) is 0 Å². The number of hydrogen-bond donors (Lipinski definition) is 2. The Labute approximate surface area is 104 Å². The Morgan fingerprint density at radius 1 is 1.17 bits per heavy atom. The van der Waals surface area contributed by atoms with Crippen LogP contribution in [0, 0.1) is 12.7 Å². The third-order valence-electron chi connectivity index (χ3n) is 2.50. The molecule has 0 saturated heterocycles. The van der Waals surface area contributed by atoms with Crippen molar-refractivity contribution in [3.8, 4) is 5.75 Å². The largest absolute Gasteiger partial charge is 0.507 e. The van der Waals surface area contributed by atoms with Crippen LogP contribution in [-0.2, 0) is 0 Å². The zero-order valence-corrected chi connectivity index (χ0v) is 9.77. The second kappa shape index (κ2) is 4.87. The summed E-state index contributed by atoms with van der Waals surface area (Å²) in [5.41, 5.74) is 1.53. The van der Waals surface area contributed by atoms with E-state index >= 15 is 0 Å². The first kappa shape index (κ1) is 12.1. The van der Waals surface area contributed by atoms with Crippen LogP contribution < -0.4 is 5.32 Å². The van der Waals surface area contributed by atoms with Gasteiger partial charge in [0.15, 0.2) is 0 Å². The molecule has 3 nitrogen and oxygen atoms in total. The minimum Gasteiger partial charge on any atom is -0.507 e. The summed E-state index contributed by atoms with van der Waals surface area (Å²) >= 11 is 0. The van der Waals surface area contributed by atoms with Crippen molar-refractivity contribution in [3.63, 3.8) is 0 Å². The topological polar surface area (TPSA) is 49.3 Å². The number of halogens is 1. The van der Waals surface area contributed by atoms with Gasteiger partial charge in [0.2, 0.25) is 0 Å². The fourth-order valence-electron chi connectivity index (χ4n) is 1.57. The number of phenolic OH excluding ortho intramolecular Hbond substituents is 1. The molecule has 2 aromatic carbocycles. The smallest absolute Gasteiger partial charge is 0.259 e. The van der Waals surface area contributed by atoms with E-state index in [1.54, 1.807) is 12.1 Å². The van der Waals surface area contributed by atoms with E-state index < -0.39 is 5.91 Å². The summed E-state index contributed by atoms with van der Waals surface area (Å²) < 4.78 is 12.7. The second-order valence-electron chi connectivity index (χ2n) is 3.98. The van der Waals surface area contributed by atoms with Crippen LogP contribution in [0.2, 0.25) is 0 Å². The molecule has 2 aromatic rings. The van der Waals surface area contributed by atoms with Crippen LogP contribution in [0.15, 0.2) is 42.5 Å². The van der Waals surface area contributed by atoms with E-state index in [0.717, 1.165) is 5.56 Å². The zero-order chi connectivity index (χ0) is 13.1. The number of benzene rings is 2. The lowest BCUT2D eigenvalue weighted by molar-refractivity contribution is 0.102. The number of amides is 1. The molecule has 0 aromatic heterocycles. The molecule has 92 valence electrons. The first-order valence-corrected chi connectivity index (χ1v) is 5.43. The van der Waals surface area contributed by atoms with Crippen molar-refractivity contribution in [1.82, 2.24) is 0 Å². The van der Waals surface area contributed by atoms with Crippen molar-refractivity contribution in [2.45, 2.75) is 6.92 Å². The fraction of sp³-hybridized carbons (Fsp3) is 0.0714. The number of carbonyl (C=O) groups is 1. The van der Waals surface area contributed by atoms with E-state index in [0.29, 0.717) is 5.69 Å². The number of rotatable bonds is 2. The van der Waals surface area contributed by atoms with E-state index in [2.05, 4.69) is 5.32 Å². The molecule has 0 bridgehead atoms. The van der Waals surface area contributed by atoms with Gasteiger partial charge in [-0.15, -0.1) is 0 Å². The summed E-state index contributed by atoms with van der Waals surface area (Å²) in [4.78, 5) is 11.9. The van der Waals surface area contributed by atoms with Crippen LogP contribution in [0.25, 0.3) is 0 Å². The lowest BCUT2D eigenvalue weighted by Gasteiger charge is -2.07. The van der Waals surface area contributed by atoms with Gasteiger partial charge in [-0.25, -0.2) is 4.39 Å². The van der Waals surface area contributed by atoms with Gasteiger partial charge in [0.05, 0.1) is 5.56 Å². The maximum atomic E-state index is 12.7. The Morgan fingerprint density at radius 2 is 1.83 bits per heavy atom. The van der Waals surface area contributed by atoms with Gasteiger partial charge in [-0.3, -0.25) is 4.79 Å².